The molecule has 2 N–H and O–H groups in total. The summed E-state index contributed by atoms with van der Waals surface area (Å²) in [5.41, 5.74) is 6.00. The van der Waals surface area contributed by atoms with Gasteiger partial charge in [-0.25, -0.2) is 4.98 Å². The molecule has 0 saturated heterocycles. The largest absolute Gasteiger partial charge is 0.336 e. The highest BCUT2D eigenvalue weighted by Gasteiger charge is 2.19. The fraction of sp³-hybridized carbons (Fsp3) is 0.769. The Balaban J connectivity index is 2.42. The van der Waals surface area contributed by atoms with E-state index in [-0.39, 0.29) is 5.41 Å². The minimum absolute atomic E-state index is 0.199. The van der Waals surface area contributed by atoms with Crippen LogP contribution in [0.2, 0.25) is 0 Å². The molecule has 0 unspecified atom stereocenters. The second kappa shape index (κ2) is 6.77. The number of hydrogen-bond acceptors (Lipinski definition) is 3. The molecule has 0 saturated carbocycles. The van der Waals surface area contributed by atoms with Gasteiger partial charge in [-0.1, -0.05) is 20.8 Å². The van der Waals surface area contributed by atoms with Crippen molar-refractivity contribution in [2.45, 2.75) is 33.7 Å². The molecule has 0 aliphatic carbocycles. The van der Waals surface area contributed by atoms with Crippen LogP contribution in [-0.2, 0) is 6.54 Å². The Labute approximate surface area is 105 Å². The Kier molecular flexibility index (Phi) is 5.65. The fourth-order valence-corrected chi connectivity index (χ4v) is 1.93. The Bertz CT molecular complexity index is 292. The molecule has 17 heavy (non-hydrogen) atoms. The maximum absolute atomic E-state index is 5.80. The molecule has 0 aromatic carbocycles. The molecule has 98 valence electrons. The van der Waals surface area contributed by atoms with Gasteiger partial charge in [0.05, 0.1) is 6.33 Å². The number of rotatable bonds is 8. The quantitative estimate of drug-likeness (QED) is 0.748. The predicted molar refractivity (Wildman–Crippen MR) is 71.8 cm³/mol. The van der Waals surface area contributed by atoms with Gasteiger partial charge in [-0.05, 0) is 24.9 Å². The highest BCUT2D eigenvalue weighted by Crippen LogP contribution is 2.15. The zero-order chi connectivity index (χ0) is 12.7. The van der Waals surface area contributed by atoms with E-state index in [1.54, 1.807) is 0 Å². The molecular formula is C13H26N4. The summed E-state index contributed by atoms with van der Waals surface area (Å²) in [5.74, 6) is 0. The number of nitrogens with zero attached hydrogens (tertiary/aromatic N) is 3. The van der Waals surface area contributed by atoms with Crippen LogP contribution in [0.3, 0.4) is 0 Å². The van der Waals surface area contributed by atoms with E-state index < -0.39 is 0 Å². The maximum atomic E-state index is 5.80. The number of imidazole rings is 1. The van der Waals surface area contributed by atoms with E-state index in [2.05, 4.69) is 35.2 Å². The summed E-state index contributed by atoms with van der Waals surface area (Å²) in [6.45, 7) is 11.7. The van der Waals surface area contributed by atoms with Crippen LogP contribution in [0.1, 0.15) is 27.2 Å². The molecular weight excluding hydrogens is 212 g/mol. The molecule has 1 aromatic rings. The molecule has 1 aromatic heterocycles. The highest BCUT2D eigenvalue weighted by molar-refractivity contribution is 4.77. The normalized spacial score (nSPS) is 12.3. The van der Waals surface area contributed by atoms with Crippen LogP contribution in [0.15, 0.2) is 18.7 Å². The summed E-state index contributed by atoms with van der Waals surface area (Å²) in [7, 11) is 0. The molecule has 0 atom stereocenters. The van der Waals surface area contributed by atoms with Gasteiger partial charge < -0.3 is 15.2 Å². The van der Waals surface area contributed by atoms with Crippen molar-refractivity contribution in [2.24, 2.45) is 11.1 Å². The van der Waals surface area contributed by atoms with E-state index in [1.807, 2.05) is 18.7 Å². The Morgan fingerprint density at radius 3 is 2.65 bits per heavy atom. The lowest BCUT2D eigenvalue weighted by molar-refractivity contribution is 0.177. The van der Waals surface area contributed by atoms with Gasteiger partial charge in [0.2, 0.25) is 0 Å². The predicted octanol–water partition coefficient (Wildman–Crippen LogP) is 1.58. The van der Waals surface area contributed by atoms with Crippen molar-refractivity contribution in [3.8, 4) is 0 Å². The number of aromatic nitrogens is 2. The van der Waals surface area contributed by atoms with Gasteiger partial charge in [0, 0.05) is 32.0 Å². The summed E-state index contributed by atoms with van der Waals surface area (Å²) >= 11 is 0. The maximum Gasteiger partial charge on any atom is 0.0946 e. The van der Waals surface area contributed by atoms with Crippen LogP contribution in [0, 0.1) is 5.41 Å². The minimum Gasteiger partial charge on any atom is -0.336 e. The van der Waals surface area contributed by atoms with E-state index in [9.17, 15) is 0 Å². The molecule has 4 heteroatoms. The number of nitrogens with two attached hydrogens (primary N) is 1. The smallest absolute Gasteiger partial charge is 0.0946 e. The van der Waals surface area contributed by atoms with Gasteiger partial charge >= 0.3 is 0 Å². The average Bonchev–Trinajstić information content (AvgIpc) is 2.79. The standard InChI is InChI=1S/C13H26N4/c1-4-6-16(11-13(2,3)10-14)8-9-17-7-5-15-12-17/h5,7,12H,4,6,8-11,14H2,1-3H3. The fourth-order valence-electron chi connectivity index (χ4n) is 1.93. The molecule has 1 heterocycles. The molecule has 0 aliphatic heterocycles. The first kappa shape index (κ1) is 14.2. The van der Waals surface area contributed by atoms with Crippen LogP contribution < -0.4 is 5.73 Å². The molecule has 0 fully saturated rings. The van der Waals surface area contributed by atoms with Crippen LogP contribution in [0.4, 0.5) is 0 Å². The monoisotopic (exact) mass is 238 g/mol. The Hall–Kier alpha value is -0.870. The first-order chi connectivity index (χ1) is 8.07. The Morgan fingerprint density at radius 1 is 1.35 bits per heavy atom. The van der Waals surface area contributed by atoms with Crippen molar-refractivity contribution in [1.29, 1.82) is 0 Å². The van der Waals surface area contributed by atoms with Crippen molar-refractivity contribution in [3.05, 3.63) is 18.7 Å². The van der Waals surface area contributed by atoms with Gasteiger partial charge in [-0.3, -0.25) is 0 Å². The van der Waals surface area contributed by atoms with E-state index in [0.717, 1.165) is 32.7 Å². The SMILES string of the molecule is CCCN(CCn1ccnc1)CC(C)(C)CN. The zero-order valence-electron chi connectivity index (χ0n) is 11.4. The van der Waals surface area contributed by atoms with Gasteiger partial charge in [-0.15, -0.1) is 0 Å². The van der Waals surface area contributed by atoms with Crippen LogP contribution in [0.25, 0.3) is 0 Å². The van der Waals surface area contributed by atoms with Gasteiger partial charge in [0.1, 0.15) is 0 Å². The van der Waals surface area contributed by atoms with Crippen LogP contribution >= 0.6 is 0 Å². The van der Waals surface area contributed by atoms with Gasteiger partial charge in [0.15, 0.2) is 0 Å². The molecule has 1 rings (SSSR count). The van der Waals surface area contributed by atoms with Crippen LogP contribution in [-0.4, -0.2) is 40.6 Å². The lowest BCUT2D eigenvalue weighted by atomic mass is 9.93. The molecule has 0 radical (unpaired) electrons. The molecule has 0 aliphatic rings. The third-order valence-electron chi connectivity index (χ3n) is 2.98. The summed E-state index contributed by atoms with van der Waals surface area (Å²) in [4.78, 5) is 6.55. The topological polar surface area (TPSA) is 47.1 Å². The van der Waals surface area contributed by atoms with Crippen molar-refractivity contribution < 1.29 is 0 Å². The summed E-state index contributed by atoms with van der Waals surface area (Å²) < 4.78 is 2.12. The zero-order valence-corrected chi connectivity index (χ0v) is 11.4. The summed E-state index contributed by atoms with van der Waals surface area (Å²) in [6.07, 6.45) is 6.90. The first-order valence-corrected chi connectivity index (χ1v) is 6.45. The summed E-state index contributed by atoms with van der Waals surface area (Å²) in [6, 6.07) is 0. The van der Waals surface area contributed by atoms with Crippen molar-refractivity contribution in [2.75, 3.05) is 26.2 Å². The minimum atomic E-state index is 0.199. The van der Waals surface area contributed by atoms with E-state index in [4.69, 9.17) is 5.73 Å². The first-order valence-electron chi connectivity index (χ1n) is 6.45. The van der Waals surface area contributed by atoms with Crippen molar-refractivity contribution in [3.63, 3.8) is 0 Å². The van der Waals surface area contributed by atoms with Crippen molar-refractivity contribution in [1.82, 2.24) is 14.5 Å². The second-order valence-electron chi connectivity index (χ2n) is 5.44. The molecule has 4 nitrogen and oxygen atoms in total. The third kappa shape index (κ3) is 5.33. The van der Waals surface area contributed by atoms with Gasteiger partial charge in [0.25, 0.3) is 0 Å². The molecule has 0 amide bonds. The van der Waals surface area contributed by atoms with E-state index in [1.165, 1.54) is 6.42 Å². The summed E-state index contributed by atoms with van der Waals surface area (Å²) in [5, 5.41) is 0. The average molecular weight is 238 g/mol. The molecule has 0 spiro atoms. The Morgan fingerprint density at radius 2 is 2.12 bits per heavy atom. The third-order valence-corrected chi connectivity index (χ3v) is 2.98. The second-order valence-corrected chi connectivity index (χ2v) is 5.44. The lowest BCUT2D eigenvalue weighted by Gasteiger charge is -2.31. The van der Waals surface area contributed by atoms with Crippen LogP contribution in [0.5, 0.6) is 0 Å². The van der Waals surface area contributed by atoms with E-state index in [0.29, 0.717) is 0 Å². The highest BCUT2D eigenvalue weighted by atomic mass is 15.2. The lowest BCUT2D eigenvalue weighted by Crippen LogP contribution is -2.40. The van der Waals surface area contributed by atoms with Gasteiger partial charge in [-0.2, -0.15) is 0 Å². The number of hydrogen-bond donors (Lipinski definition) is 1. The van der Waals surface area contributed by atoms with E-state index >= 15 is 0 Å². The molecule has 0 bridgehead atoms. The van der Waals surface area contributed by atoms with Crippen molar-refractivity contribution >= 4 is 0 Å².